The number of esters is 1. The van der Waals surface area contributed by atoms with Gasteiger partial charge in [-0.3, -0.25) is 9.78 Å². The number of ether oxygens (including phenoxy) is 1. The maximum Gasteiger partial charge on any atom is 0.310 e. The molecule has 0 bridgehead atoms. The normalized spacial score (nSPS) is 12.0. The molecule has 0 saturated carbocycles. The Kier molecular flexibility index (Phi) is 4.78. The number of alkyl halides is 2. The largest absolute Gasteiger partial charge is 0.460 e. The zero-order chi connectivity index (χ0) is 17.1. The fourth-order valence-corrected chi connectivity index (χ4v) is 2.21. The molecule has 0 aliphatic rings. The van der Waals surface area contributed by atoms with Gasteiger partial charge in [-0.25, -0.2) is 0 Å². The first-order valence-corrected chi connectivity index (χ1v) is 7.29. The van der Waals surface area contributed by atoms with Crippen molar-refractivity contribution in [2.24, 2.45) is 0 Å². The van der Waals surface area contributed by atoms with E-state index in [9.17, 15) is 13.6 Å². The summed E-state index contributed by atoms with van der Waals surface area (Å²) in [7, 11) is 0. The molecule has 0 spiro atoms. The van der Waals surface area contributed by atoms with Crippen molar-refractivity contribution in [1.82, 2.24) is 4.98 Å². The molecule has 0 aliphatic heterocycles. The number of nitrogens with zero attached hydrogens (tertiary/aromatic N) is 1. The number of hydrogen-bond donors (Lipinski definition) is 0. The van der Waals surface area contributed by atoms with Crippen LogP contribution < -0.4 is 0 Å². The Morgan fingerprint density at radius 3 is 2.39 bits per heavy atom. The van der Waals surface area contributed by atoms with Crippen LogP contribution in [0, 0.1) is 0 Å². The molecular formula is C18H19F2NO2. The molecule has 0 amide bonds. The topological polar surface area (TPSA) is 39.2 Å². The van der Waals surface area contributed by atoms with Crippen LogP contribution in [0.5, 0.6) is 0 Å². The number of aromatic nitrogens is 1. The Morgan fingerprint density at radius 2 is 1.78 bits per heavy atom. The molecule has 0 saturated heterocycles. The van der Waals surface area contributed by atoms with Crippen molar-refractivity contribution in [2.75, 3.05) is 0 Å². The molecule has 0 atom stereocenters. The van der Waals surface area contributed by atoms with E-state index >= 15 is 0 Å². The van der Waals surface area contributed by atoms with E-state index in [1.807, 2.05) is 0 Å². The Balaban J connectivity index is 2.33. The molecule has 1 heterocycles. The summed E-state index contributed by atoms with van der Waals surface area (Å²) in [5.74, 6) is -3.77. The molecule has 0 radical (unpaired) electrons. The molecule has 3 nitrogen and oxygen atoms in total. The van der Waals surface area contributed by atoms with Crippen molar-refractivity contribution in [1.29, 1.82) is 0 Å². The van der Waals surface area contributed by atoms with Crippen LogP contribution in [0.2, 0.25) is 0 Å². The number of carbonyl (C=O) groups excluding carboxylic acids is 1. The van der Waals surface area contributed by atoms with Crippen LogP contribution in [0.3, 0.4) is 0 Å². The van der Waals surface area contributed by atoms with E-state index in [1.165, 1.54) is 30.6 Å². The predicted molar refractivity (Wildman–Crippen MR) is 83.2 cm³/mol. The van der Waals surface area contributed by atoms with Crippen LogP contribution in [0.4, 0.5) is 8.78 Å². The number of rotatable bonds is 4. The molecule has 0 fully saturated rings. The van der Waals surface area contributed by atoms with Gasteiger partial charge in [-0.2, -0.15) is 8.78 Å². The van der Waals surface area contributed by atoms with E-state index in [4.69, 9.17) is 4.74 Å². The van der Waals surface area contributed by atoms with Crippen molar-refractivity contribution < 1.29 is 18.3 Å². The first-order valence-electron chi connectivity index (χ1n) is 7.29. The summed E-state index contributed by atoms with van der Waals surface area (Å²) < 4.78 is 34.7. The van der Waals surface area contributed by atoms with Gasteiger partial charge < -0.3 is 4.74 Å². The van der Waals surface area contributed by atoms with Crippen LogP contribution in [0.1, 0.15) is 37.5 Å². The van der Waals surface area contributed by atoms with Crippen molar-refractivity contribution in [3.63, 3.8) is 0 Å². The molecule has 2 aromatic rings. The molecule has 5 heteroatoms. The number of carbonyl (C=O) groups is 1. The van der Waals surface area contributed by atoms with Gasteiger partial charge >= 0.3 is 5.97 Å². The van der Waals surface area contributed by atoms with Gasteiger partial charge in [0.15, 0.2) is 0 Å². The minimum atomic E-state index is -3.21. The molecule has 122 valence electrons. The van der Waals surface area contributed by atoms with E-state index in [0.717, 1.165) is 0 Å². The smallest absolute Gasteiger partial charge is 0.310 e. The van der Waals surface area contributed by atoms with E-state index < -0.39 is 17.5 Å². The minimum Gasteiger partial charge on any atom is -0.460 e. The molecule has 1 aromatic carbocycles. The average molecular weight is 319 g/mol. The van der Waals surface area contributed by atoms with Crippen LogP contribution in [0.15, 0.2) is 48.8 Å². The fourth-order valence-electron chi connectivity index (χ4n) is 2.21. The van der Waals surface area contributed by atoms with Gasteiger partial charge in [0.2, 0.25) is 0 Å². The molecular weight excluding hydrogens is 300 g/mol. The van der Waals surface area contributed by atoms with E-state index in [0.29, 0.717) is 0 Å². The predicted octanol–water partition coefficient (Wildman–Crippen LogP) is 4.11. The zero-order valence-corrected chi connectivity index (χ0v) is 13.3. The van der Waals surface area contributed by atoms with Gasteiger partial charge in [-0.05, 0) is 32.4 Å². The van der Waals surface area contributed by atoms with Crippen molar-refractivity contribution >= 4 is 5.97 Å². The quantitative estimate of drug-likeness (QED) is 0.796. The van der Waals surface area contributed by atoms with Crippen LogP contribution in [0.25, 0.3) is 0 Å². The summed E-state index contributed by atoms with van der Waals surface area (Å²) in [5.41, 5.74) is -0.863. The van der Waals surface area contributed by atoms with E-state index in [1.54, 1.807) is 39.0 Å². The highest BCUT2D eigenvalue weighted by Crippen LogP contribution is 2.37. The van der Waals surface area contributed by atoms with Crippen molar-refractivity contribution in [3.8, 4) is 0 Å². The summed E-state index contributed by atoms with van der Waals surface area (Å²) in [6.45, 7) is 5.19. The monoisotopic (exact) mass is 319 g/mol. The van der Waals surface area contributed by atoms with Gasteiger partial charge in [0.1, 0.15) is 5.60 Å². The number of pyridine rings is 1. The molecule has 23 heavy (non-hydrogen) atoms. The van der Waals surface area contributed by atoms with Gasteiger partial charge in [0.25, 0.3) is 5.92 Å². The standard InChI is InChI=1S/C18H19F2NO2/c1-17(2,3)23-16(22)11-13-12-21-10-9-15(13)18(19,20)14-7-5-4-6-8-14/h4-10,12H,11H2,1-3H3. The summed E-state index contributed by atoms with van der Waals surface area (Å²) in [6.07, 6.45) is 2.34. The second-order valence-corrected chi connectivity index (χ2v) is 6.24. The van der Waals surface area contributed by atoms with Gasteiger partial charge in [-0.15, -0.1) is 0 Å². The average Bonchev–Trinajstić information content (AvgIpc) is 2.46. The zero-order valence-electron chi connectivity index (χ0n) is 13.3. The van der Waals surface area contributed by atoms with Crippen LogP contribution in [-0.2, 0) is 21.9 Å². The minimum absolute atomic E-state index is 0.128. The van der Waals surface area contributed by atoms with Gasteiger partial charge in [-0.1, -0.05) is 30.3 Å². The van der Waals surface area contributed by atoms with E-state index in [2.05, 4.69) is 4.98 Å². The van der Waals surface area contributed by atoms with Gasteiger partial charge in [0.05, 0.1) is 6.42 Å². The third-order valence-corrected chi connectivity index (χ3v) is 3.13. The Morgan fingerprint density at radius 1 is 1.13 bits per heavy atom. The maximum absolute atomic E-state index is 14.8. The highest BCUT2D eigenvalue weighted by Gasteiger charge is 2.36. The molecule has 0 aliphatic carbocycles. The fraction of sp³-hybridized carbons (Fsp3) is 0.333. The Hall–Kier alpha value is -2.30. The number of benzene rings is 1. The lowest BCUT2D eigenvalue weighted by Crippen LogP contribution is -2.26. The van der Waals surface area contributed by atoms with Crippen molar-refractivity contribution in [2.45, 2.75) is 38.7 Å². The summed E-state index contributed by atoms with van der Waals surface area (Å²) >= 11 is 0. The van der Waals surface area contributed by atoms with E-state index in [-0.39, 0.29) is 23.1 Å². The first kappa shape index (κ1) is 17.1. The third kappa shape index (κ3) is 4.34. The number of halogens is 2. The second kappa shape index (κ2) is 6.44. The molecule has 0 N–H and O–H groups in total. The second-order valence-electron chi connectivity index (χ2n) is 6.24. The lowest BCUT2D eigenvalue weighted by atomic mass is 9.96. The molecule has 2 rings (SSSR count). The number of hydrogen-bond acceptors (Lipinski definition) is 3. The van der Waals surface area contributed by atoms with Crippen LogP contribution in [-0.4, -0.2) is 16.6 Å². The molecule has 0 unspecified atom stereocenters. The van der Waals surface area contributed by atoms with Gasteiger partial charge in [0, 0.05) is 23.5 Å². The highest BCUT2D eigenvalue weighted by atomic mass is 19.3. The highest BCUT2D eigenvalue weighted by molar-refractivity contribution is 5.73. The summed E-state index contributed by atoms with van der Waals surface area (Å²) in [5, 5.41) is 0. The Labute approximate surface area is 134 Å². The first-order chi connectivity index (χ1) is 10.7. The maximum atomic E-state index is 14.8. The Bertz CT molecular complexity index is 679. The summed E-state index contributed by atoms with van der Waals surface area (Å²) in [4.78, 5) is 15.8. The van der Waals surface area contributed by atoms with Crippen LogP contribution >= 0.6 is 0 Å². The SMILES string of the molecule is CC(C)(C)OC(=O)Cc1cnccc1C(F)(F)c1ccccc1. The lowest BCUT2D eigenvalue weighted by molar-refractivity contribution is -0.153. The summed E-state index contributed by atoms with van der Waals surface area (Å²) in [6, 6.07) is 8.74. The molecule has 1 aromatic heterocycles. The third-order valence-electron chi connectivity index (χ3n) is 3.13. The van der Waals surface area contributed by atoms with Crippen molar-refractivity contribution in [3.05, 3.63) is 65.5 Å². The lowest BCUT2D eigenvalue weighted by Gasteiger charge is -2.22.